The van der Waals surface area contributed by atoms with Gasteiger partial charge in [0.05, 0.1) is 7.11 Å². The van der Waals surface area contributed by atoms with E-state index in [9.17, 15) is 0 Å². The molecule has 0 aromatic heterocycles. The van der Waals surface area contributed by atoms with Gasteiger partial charge in [-0.25, -0.2) is 0 Å². The zero-order chi connectivity index (χ0) is 23.2. The third-order valence-electron chi connectivity index (χ3n) is 6.87. The molecule has 1 aliphatic rings. The fourth-order valence-corrected chi connectivity index (χ4v) is 5.03. The average Bonchev–Trinajstić information content (AvgIpc) is 2.90. The lowest BCUT2D eigenvalue weighted by Gasteiger charge is -2.26. The van der Waals surface area contributed by atoms with Crippen LogP contribution in [0.5, 0.6) is 11.5 Å². The van der Waals surface area contributed by atoms with Crippen molar-refractivity contribution in [2.24, 2.45) is 0 Å². The number of ether oxygens (including phenoxy) is 2. The van der Waals surface area contributed by atoms with E-state index < -0.39 is 0 Å². The van der Waals surface area contributed by atoms with Crippen molar-refractivity contribution in [3.63, 3.8) is 0 Å². The fraction of sp³-hybridized carbons (Fsp3) is 0.290. The molecule has 0 spiro atoms. The zero-order valence-corrected chi connectivity index (χ0v) is 20.0. The number of likely N-dealkylation sites (tertiary alicyclic amines) is 1. The van der Waals surface area contributed by atoms with Crippen LogP contribution >= 0.6 is 0 Å². The molecule has 3 nitrogen and oxygen atoms in total. The molecular weight excluding hydrogens is 418 g/mol. The Morgan fingerprint density at radius 2 is 1.50 bits per heavy atom. The van der Waals surface area contributed by atoms with E-state index in [0.717, 1.165) is 36.6 Å². The monoisotopic (exact) mass is 451 g/mol. The van der Waals surface area contributed by atoms with Crippen LogP contribution < -0.4 is 9.47 Å². The fourth-order valence-electron chi connectivity index (χ4n) is 5.03. The minimum absolute atomic E-state index is 0.751. The van der Waals surface area contributed by atoms with E-state index in [0.29, 0.717) is 0 Å². The molecule has 4 aromatic carbocycles. The summed E-state index contributed by atoms with van der Waals surface area (Å²) in [5.41, 5.74) is 4.94. The molecule has 1 saturated heterocycles. The van der Waals surface area contributed by atoms with E-state index in [4.69, 9.17) is 9.47 Å². The summed E-state index contributed by atoms with van der Waals surface area (Å²) in [6, 6.07) is 30.0. The number of methoxy groups -OCH3 is 1. The maximum absolute atomic E-state index is 6.05. The van der Waals surface area contributed by atoms with Crippen molar-refractivity contribution >= 4 is 10.8 Å². The molecule has 0 radical (unpaired) electrons. The van der Waals surface area contributed by atoms with Gasteiger partial charge < -0.3 is 9.47 Å². The number of hydrogen-bond donors (Lipinski definition) is 0. The van der Waals surface area contributed by atoms with E-state index in [1.165, 1.54) is 59.8 Å². The molecule has 0 saturated carbocycles. The number of para-hydroxylation sites is 1. The topological polar surface area (TPSA) is 21.7 Å². The van der Waals surface area contributed by atoms with Gasteiger partial charge in [-0.15, -0.1) is 0 Å². The molecule has 0 atom stereocenters. The summed E-state index contributed by atoms with van der Waals surface area (Å²) >= 11 is 0. The lowest BCUT2D eigenvalue weighted by molar-refractivity contribution is 0.183. The molecule has 1 aliphatic heterocycles. The van der Waals surface area contributed by atoms with Gasteiger partial charge in [-0.2, -0.15) is 0 Å². The van der Waals surface area contributed by atoms with Gasteiger partial charge in [0.2, 0.25) is 0 Å². The van der Waals surface area contributed by atoms with E-state index in [2.05, 4.69) is 77.7 Å². The van der Waals surface area contributed by atoms with Crippen LogP contribution in [0.2, 0.25) is 0 Å². The Hall–Kier alpha value is -3.30. The van der Waals surface area contributed by atoms with Gasteiger partial charge in [-0.05, 0) is 78.0 Å². The summed E-state index contributed by atoms with van der Waals surface area (Å²) in [6.45, 7) is 4.18. The molecule has 3 heteroatoms. The molecule has 0 aliphatic carbocycles. The predicted molar refractivity (Wildman–Crippen MR) is 141 cm³/mol. The average molecular weight is 452 g/mol. The Morgan fingerprint density at radius 1 is 0.735 bits per heavy atom. The Morgan fingerprint density at radius 3 is 2.32 bits per heavy atom. The standard InChI is InChI=1S/C31H33NO2/c1-33-31-12-6-5-11-29(31)28-18-15-25-9-3-4-10-27(25)30(28)23-24-13-16-26(17-14-24)34-22-21-32-19-7-2-8-20-32/h3-6,9-18H,2,7-8,19-23H2,1H3. The number of fused-ring (bicyclic) bond motifs is 1. The van der Waals surface area contributed by atoms with E-state index in [1.807, 2.05) is 12.1 Å². The number of benzene rings is 4. The molecule has 0 unspecified atom stereocenters. The van der Waals surface area contributed by atoms with Crippen LogP contribution in [0.25, 0.3) is 21.9 Å². The largest absolute Gasteiger partial charge is 0.496 e. The Bertz CT molecular complexity index is 1230. The highest BCUT2D eigenvalue weighted by Gasteiger charge is 2.14. The molecular formula is C31H33NO2. The molecule has 34 heavy (non-hydrogen) atoms. The quantitative estimate of drug-likeness (QED) is 0.289. The van der Waals surface area contributed by atoms with Crippen LogP contribution in [-0.4, -0.2) is 38.3 Å². The molecule has 1 fully saturated rings. The number of piperidine rings is 1. The summed E-state index contributed by atoms with van der Waals surface area (Å²) in [5, 5.41) is 2.54. The minimum atomic E-state index is 0.751. The van der Waals surface area contributed by atoms with Gasteiger partial charge in [0.1, 0.15) is 18.1 Å². The number of rotatable bonds is 8. The lowest BCUT2D eigenvalue weighted by Crippen LogP contribution is -2.33. The van der Waals surface area contributed by atoms with Crippen LogP contribution in [0.15, 0.2) is 84.9 Å². The molecule has 174 valence electrons. The Kier molecular flexibility index (Phi) is 7.11. The van der Waals surface area contributed by atoms with Crippen molar-refractivity contribution in [2.45, 2.75) is 25.7 Å². The van der Waals surface area contributed by atoms with Crippen LogP contribution in [0.4, 0.5) is 0 Å². The molecule has 5 rings (SSSR count). The van der Waals surface area contributed by atoms with Gasteiger partial charge in [0.15, 0.2) is 0 Å². The first-order valence-electron chi connectivity index (χ1n) is 12.4. The third-order valence-corrected chi connectivity index (χ3v) is 6.87. The van der Waals surface area contributed by atoms with E-state index in [-0.39, 0.29) is 0 Å². The van der Waals surface area contributed by atoms with Gasteiger partial charge in [-0.3, -0.25) is 4.90 Å². The van der Waals surface area contributed by atoms with Crippen LogP contribution in [0, 0.1) is 0 Å². The van der Waals surface area contributed by atoms with Crippen molar-refractivity contribution in [3.8, 4) is 22.6 Å². The first-order valence-corrected chi connectivity index (χ1v) is 12.4. The van der Waals surface area contributed by atoms with Crippen molar-refractivity contribution < 1.29 is 9.47 Å². The molecule has 4 aromatic rings. The highest BCUT2D eigenvalue weighted by molar-refractivity contribution is 5.93. The van der Waals surface area contributed by atoms with Gasteiger partial charge >= 0.3 is 0 Å². The summed E-state index contributed by atoms with van der Waals surface area (Å²) < 4.78 is 11.7. The minimum Gasteiger partial charge on any atom is -0.496 e. The Labute approximate surface area is 202 Å². The highest BCUT2D eigenvalue weighted by atomic mass is 16.5. The number of hydrogen-bond acceptors (Lipinski definition) is 3. The van der Waals surface area contributed by atoms with Gasteiger partial charge in [-0.1, -0.05) is 73.2 Å². The van der Waals surface area contributed by atoms with Crippen molar-refractivity contribution in [1.29, 1.82) is 0 Å². The highest BCUT2D eigenvalue weighted by Crippen LogP contribution is 2.37. The first-order chi connectivity index (χ1) is 16.8. The molecule has 0 N–H and O–H groups in total. The van der Waals surface area contributed by atoms with Crippen LogP contribution in [0.3, 0.4) is 0 Å². The maximum Gasteiger partial charge on any atom is 0.126 e. The molecule has 0 amide bonds. The second-order valence-corrected chi connectivity index (χ2v) is 9.08. The second kappa shape index (κ2) is 10.8. The predicted octanol–water partition coefficient (Wildman–Crippen LogP) is 6.97. The Balaban J connectivity index is 1.37. The van der Waals surface area contributed by atoms with E-state index >= 15 is 0 Å². The molecule has 1 heterocycles. The smallest absolute Gasteiger partial charge is 0.126 e. The van der Waals surface area contributed by atoms with E-state index in [1.54, 1.807) is 7.11 Å². The van der Waals surface area contributed by atoms with Gasteiger partial charge in [0.25, 0.3) is 0 Å². The first kappa shape index (κ1) is 22.5. The maximum atomic E-state index is 6.05. The van der Waals surface area contributed by atoms with Crippen molar-refractivity contribution in [2.75, 3.05) is 33.4 Å². The lowest BCUT2D eigenvalue weighted by atomic mass is 9.90. The summed E-state index contributed by atoms with van der Waals surface area (Å²) in [6.07, 6.45) is 4.86. The van der Waals surface area contributed by atoms with Gasteiger partial charge in [0, 0.05) is 12.1 Å². The summed E-state index contributed by atoms with van der Waals surface area (Å²) in [5.74, 6) is 1.85. The summed E-state index contributed by atoms with van der Waals surface area (Å²) in [4.78, 5) is 2.51. The normalized spacial score (nSPS) is 14.3. The SMILES string of the molecule is COc1ccccc1-c1ccc2ccccc2c1Cc1ccc(OCCN2CCCCC2)cc1. The zero-order valence-electron chi connectivity index (χ0n) is 20.0. The van der Waals surface area contributed by atoms with Crippen LogP contribution in [0.1, 0.15) is 30.4 Å². The third kappa shape index (κ3) is 5.10. The second-order valence-electron chi connectivity index (χ2n) is 9.08. The number of nitrogens with zero attached hydrogens (tertiary/aromatic N) is 1. The summed E-state index contributed by atoms with van der Waals surface area (Å²) in [7, 11) is 1.74. The van der Waals surface area contributed by atoms with Crippen molar-refractivity contribution in [3.05, 3.63) is 96.1 Å². The van der Waals surface area contributed by atoms with Crippen LogP contribution in [-0.2, 0) is 6.42 Å². The van der Waals surface area contributed by atoms with Crippen molar-refractivity contribution in [1.82, 2.24) is 4.90 Å². The molecule has 0 bridgehead atoms.